The Morgan fingerprint density at radius 1 is 1.18 bits per heavy atom. The first-order chi connectivity index (χ1) is 7.94. The Morgan fingerprint density at radius 2 is 1.82 bits per heavy atom. The highest BCUT2D eigenvalue weighted by Gasteiger charge is 2.48. The number of nitrogens with zero attached hydrogens (tertiary/aromatic N) is 1. The number of hydrogen-bond acceptors (Lipinski definition) is 2. The first kappa shape index (κ1) is 12.9. The van der Waals surface area contributed by atoms with E-state index >= 15 is 0 Å². The molecule has 3 heteroatoms. The van der Waals surface area contributed by atoms with Crippen LogP contribution in [0.4, 0.5) is 0 Å². The van der Waals surface area contributed by atoms with Crippen LogP contribution in [-0.4, -0.2) is 34.6 Å². The topological polar surface area (TPSA) is 40.5 Å². The van der Waals surface area contributed by atoms with Crippen LogP contribution in [0.25, 0.3) is 0 Å². The molecule has 1 atom stereocenters. The van der Waals surface area contributed by atoms with Crippen LogP contribution in [0, 0.1) is 5.41 Å². The molecule has 1 aliphatic carbocycles. The van der Waals surface area contributed by atoms with Gasteiger partial charge in [-0.25, -0.2) is 0 Å². The molecule has 0 spiro atoms. The van der Waals surface area contributed by atoms with E-state index in [-0.39, 0.29) is 5.54 Å². The van der Waals surface area contributed by atoms with Crippen molar-refractivity contribution in [1.29, 1.82) is 0 Å². The van der Waals surface area contributed by atoms with Crippen molar-refractivity contribution in [2.24, 2.45) is 5.41 Å². The molecule has 0 aromatic heterocycles. The summed E-state index contributed by atoms with van der Waals surface area (Å²) in [5.41, 5.74) is 0.267. The van der Waals surface area contributed by atoms with Crippen molar-refractivity contribution in [2.45, 2.75) is 64.3 Å². The molecular weight excluding hydrogens is 214 g/mol. The van der Waals surface area contributed by atoms with Gasteiger partial charge in [-0.1, -0.05) is 20.3 Å². The quantitative estimate of drug-likeness (QED) is 0.823. The number of carboxylic acids is 1. The summed E-state index contributed by atoms with van der Waals surface area (Å²) in [4.78, 5) is 13.7. The zero-order chi connectivity index (χ0) is 12.5. The van der Waals surface area contributed by atoms with Gasteiger partial charge in [0, 0.05) is 5.54 Å². The van der Waals surface area contributed by atoms with Crippen molar-refractivity contribution in [3.05, 3.63) is 0 Å². The summed E-state index contributed by atoms with van der Waals surface area (Å²) in [5.74, 6) is -0.631. The third-order valence-corrected chi connectivity index (χ3v) is 4.58. The lowest BCUT2D eigenvalue weighted by molar-refractivity contribution is -0.140. The van der Waals surface area contributed by atoms with E-state index in [9.17, 15) is 9.90 Å². The van der Waals surface area contributed by atoms with Gasteiger partial charge in [-0.2, -0.15) is 0 Å². The fourth-order valence-corrected chi connectivity index (χ4v) is 3.82. The predicted octanol–water partition coefficient (Wildman–Crippen LogP) is 2.90. The summed E-state index contributed by atoms with van der Waals surface area (Å²) in [6, 6.07) is 0. The van der Waals surface area contributed by atoms with Crippen LogP contribution >= 0.6 is 0 Å². The van der Waals surface area contributed by atoms with Crippen molar-refractivity contribution < 1.29 is 9.90 Å². The van der Waals surface area contributed by atoms with Crippen LogP contribution in [0.1, 0.15) is 58.8 Å². The Kier molecular flexibility index (Phi) is 3.48. The summed E-state index contributed by atoms with van der Waals surface area (Å²) >= 11 is 0. The highest BCUT2D eigenvalue weighted by Crippen LogP contribution is 2.49. The molecule has 1 unspecified atom stereocenters. The average Bonchev–Trinajstić information content (AvgIpc) is 2.56. The molecule has 1 saturated heterocycles. The maximum atomic E-state index is 11.2. The van der Waals surface area contributed by atoms with E-state index in [1.807, 2.05) is 0 Å². The van der Waals surface area contributed by atoms with Gasteiger partial charge in [0.15, 0.2) is 0 Å². The van der Waals surface area contributed by atoms with Crippen LogP contribution in [0.15, 0.2) is 0 Å². The maximum absolute atomic E-state index is 11.2. The Bertz CT molecular complexity index is 295. The van der Waals surface area contributed by atoms with E-state index in [1.54, 1.807) is 0 Å². The maximum Gasteiger partial charge on any atom is 0.305 e. The minimum Gasteiger partial charge on any atom is -0.481 e. The molecule has 1 N–H and O–H groups in total. The van der Waals surface area contributed by atoms with Crippen LogP contribution in [0.5, 0.6) is 0 Å². The minimum atomic E-state index is -0.631. The fourth-order valence-electron chi connectivity index (χ4n) is 3.82. The Morgan fingerprint density at radius 3 is 2.29 bits per heavy atom. The highest BCUT2D eigenvalue weighted by molar-refractivity contribution is 5.68. The molecular formula is C14H25NO2. The summed E-state index contributed by atoms with van der Waals surface area (Å²) in [7, 11) is 0. The Labute approximate surface area is 104 Å². The monoisotopic (exact) mass is 239 g/mol. The molecule has 3 nitrogen and oxygen atoms in total. The third-order valence-electron chi connectivity index (χ3n) is 4.58. The predicted molar refractivity (Wildman–Crippen MR) is 68.0 cm³/mol. The summed E-state index contributed by atoms with van der Waals surface area (Å²) < 4.78 is 0. The number of rotatable bonds is 3. The van der Waals surface area contributed by atoms with Gasteiger partial charge < -0.3 is 5.11 Å². The molecule has 2 rings (SSSR count). The molecule has 1 heterocycles. The van der Waals surface area contributed by atoms with Gasteiger partial charge in [-0.3, -0.25) is 9.69 Å². The lowest BCUT2D eigenvalue weighted by atomic mass is 9.83. The van der Waals surface area contributed by atoms with Gasteiger partial charge in [0.2, 0.25) is 0 Å². The molecule has 0 amide bonds. The van der Waals surface area contributed by atoms with E-state index < -0.39 is 5.97 Å². The number of carbonyl (C=O) groups is 1. The second-order valence-corrected chi connectivity index (χ2v) is 6.68. The first-order valence-electron chi connectivity index (χ1n) is 6.91. The molecule has 1 saturated carbocycles. The average molecular weight is 239 g/mol. The summed E-state index contributed by atoms with van der Waals surface area (Å²) in [5, 5.41) is 9.21. The van der Waals surface area contributed by atoms with Gasteiger partial charge in [-0.05, 0) is 50.6 Å². The van der Waals surface area contributed by atoms with Gasteiger partial charge in [0.25, 0.3) is 0 Å². The van der Waals surface area contributed by atoms with E-state index in [1.165, 1.54) is 19.3 Å². The van der Waals surface area contributed by atoms with Gasteiger partial charge in [-0.15, -0.1) is 0 Å². The second kappa shape index (κ2) is 4.60. The smallest absolute Gasteiger partial charge is 0.305 e. The number of aliphatic carboxylic acids is 1. The van der Waals surface area contributed by atoms with Crippen molar-refractivity contribution in [1.82, 2.24) is 4.90 Å². The van der Waals surface area contributed by atoms with Crippen LogP contribution in [0.3, 0.4) is 0 Å². The summed E-state index contributed by atoms with van der Waals surface area (Å²) in [6.45, 7) is 6.76. The number of likely N-dealkylation sites (tertiary alicyclic amines) is 1. The fraction of sp³-hybridized carbons (Fsp3) is 0.929. The minimum absolute atomic E-state index is 0.0459. The standard InChI is InChI=1S/C14H25NO2/c1-13(2)6-7-14(11-13,10-12(16)17)15-8-4-3-5-9-15/h3-11H2,1-2H3,(H,16,17). The van der Waals surface area contributed by atoms with Gasteiger partial charge >= 0.3 is 5.97 Å². The largest absolute Gasteiger partial charge is 0.481 e. The molecule has 17 heavy (non-hydrogen) atoms. The van der Waals surface area contributed by atoms with Crippen molar-refractivity contribution in [3.63, 3.8) is 0 Å². The van der Waals surface area contributed by atoms with Gasteiger partial charge in [0.05, 0.1) is 6.42 Å². The van der Waals surface area contributed by atoms with Crippen LogP contribution < -0.4 is 0 Å². The molecule has 0 aromatic carbocycles. The zero-order valence-corrected chi connectivity index (χ0v) is 11.2. The Balaban J connectivity index is 2.15. The number of piperidine rings is 1. The number of hydrogen-bond donors (Lipinski definition) is 1. The van der Waals surface area contributed by atoms with E-state index in [2.05, 4.69) is 18.7 Å². The molecule has 0 aromatic rings. The molecule has 0 bridgehead atoms. The van der Waals surface area contributed by atoms with Crippen LogP contribution in [0.2, 0.25) is 0 Å². The third kappa shape index (κ3) is 2.82. The Hall–Kier alpha value is -0.570. The van der Waals surface area contributed by atoms with E-state index in [0.717, 1.165) is 32.4 Å². The highest BCUT2D eigenvalue weighted by atomic mass is 16.4. The van der Waals surface area contributed by atoms with Crippen molar-refractivity contribution in [2.75, 3.05) is 13.1 Å². The zero-order valence-electron chi connectivity index (χ0n) is 11.2. The normalized spacial score (nSPS) is 33.8. The number of carboxylic acid groups (broad SMARTS) is 1. The molecule has 2 fully saturated rings. The first-order valence-corrected chi connectivity index (χ1v) is 6.91. The lowest BCUT2D eigenvalue weighted by Gasteiger charge is -2.43. The van der Waals surface area contributed by atoms with Crippen molar-refractivity contribution in [3.8, 4) is 0 Å². The molecule has 98 valence electrons. The van der Waals surface area contributed by atoms with Crippen molar-refractivity contribution >= 4 is 5.97 Å². The SMILES string of the molecule is CC1(C)CCC(CC(=O)O)(N2CCCCC2)C1. The molecule has 0 radical (unpaired) electrons. The van der Waals surface area contributed by atoms with E-state index in [0.29, 0.717) is 11.8 Å². The van der Waals surface area contributed by atoms with Gasteiger partial charge in [0.1, 0.15) is 0 Å². The summed E-state index contributed by atoms with van der Waals surface area (Å²) in [6.07, 6.45) is 7.39. The van der Waals surface area contributed by atoms with Crippen LogP contribution in [-0.2, 0) is 4.79 Å². The van der Waals surface area contributed by atoms with E-state index in [4.69, 9.17) is 0 Å². The lowest BCUT2D eigenvalue weighted by Crippen LogP contribution is -2.51. The molecule has 1 aliphatic heterocycles. The molecule has 2 aliphatic rings. The second-order valence-electron chi connectivity index (χ2n) is 6.68.